The summed E-state index contributed by atoms with van der Waals surface area (Å²) in [6, 6.07) is 0.701. The van der Waals surface area contributed by atoms with Crippen molar-refractivity contribution in [1.29, 1.82) is 0 Å². The molecule has 3 N–H and O–H groups in total. The van der Waals surface area contributed by atoms with E-state index in [0.29, 0.717) is 6.04 Å². The molecule has 1 rings (SSSR count). The van der Waals surface area contributed by atoms with Crippen LogP contribution in [0.15, 0.2) is 0 Å². The lowest BCUT2D eigenvalue weighted by Gasteiger charge is -2.31. The van der Waals surface area contributed by atoms with Crippen molar-refractivity contribution in [1.82, 2.24) is 5.32 Å². The van der Waals surface area contributed by atoms with E-state index in [0.717, 1.165) is 18.4 Å². The molecule has 0 saturated heterocycles. The van der Waals surface area contributed by atoms with Crippen LogP contribution in [0, 0.1) is 11.8 Å². The quantitative estimate of drug-likeness (QED) is 0.710. The summed E-state index contributed by atoms with van der Waals surface area (Å²) in [6.45, 7) is 6.59. The molecule has 1 aliphatic carbocycles. The average molecular weight is 198 g/mol. The average Bonchev–Trinajstić information content (AvgIpc) is 2.18. The van der Waals surface area contributed by atoms with Gasteiger partial charge in [0.05, 0.1) is 0 Å². The van der Waals surface area contributed by atoms with E-state index in [1.54, 1.807) is 0 Å². The van der Waals surface area contributed by atoms with Crippen molar-refractivity contribution in [2.75, 3.05) is 13.1 Å². The number of hydrogen-bond acceptors (Lipinski definition) is 2. The van der Waals surface area contributed by atoms with Crippen molar-refractivity contribution in [3.8, 4) is 0 Å². The van der Waals surface area contributed by atoms with Crippen LogP contribution in [0.1, 0.15) is 46.0 Å². The Morgan fingerprint density at radius 1 is 1.29 bits per heavy atom. The SMILES string of the molecule is CC(C)CCNC1CCCCC1CN. The maximum Gasteiger partial charge on any atom is 0.0107 e. The number of rotatable bonds is 5. The summed E-state index contributed by atoms with van der Waals surface area (Å²) < 4.78 is 0. The van der Waals surface area contributed by atoms with Crippen LogP contribution in [0.3, 0.4) is 0 Å². The van der Waals surface area contributed by atoms with Crippen LogP contribution in [-0.2, 0) is 0 Å². The molecule has 2 heteroatoms. The zero-order valence-electron chi connectivity index (χ0n) is 9.76. The van der Waals surface area contributed by atoms with Crippen LogP contribution in [0.2, 0.25) is 0 Å². The molecule has 0 radical (unpaired) electrons. The Morgan fingerprint density at radius 2 is 2.00 bits per heavy atom. The molecule has 0 amide bonds. The minimum absolute atomic E-state index is 0.701. The second-order valence-electron chi connectivity index (χ2n) is 5.02. The molecule has 84 valence electrons. The van der Waals surface area contributed by atoms with Crippen LogP contribution in [0.5, 0.6) is 0 Å². The smallest absolute Gasteiger partial charge is 0.0107 e. The Morgan fingerprint density at radius 3 is 2.64 bits per heavy atom. The van der Waals surface area contributed by atoms with Gasteiger partial charge >= 0.3 is 0 Å². The van der Waals surface area contributed by atoms with Gasteiger partial charge in [-0.1, -0.05) is 26.7 Å². The molecule has 0 spiro atoms. The summed E-state index contributed by atoms with van der Waals surface area (Å²) in [5.74, 6) is 1.54. The first-order valence-electron chi connectivity index (χ1n) is 6.17. The third-order valence-corrected chi connectivity index (χ3v) is 3.34. The Bertz CT molecular complexity index is 145. The molecule has 0 heterocycles. The van der Waals surface area contributed by atoms with Crippen molar-refractivity contribution < 1.29 is 0 Å². The molecule has 0 aromatic heterocycles. The van der Waals surface area contributed by atoms with Crippen LogP contribution in [-0.4, -0.2) is 19.1 Å². The van der Waals surface area contributed by atoms with Gasteiger partial charge in [0, 0.05) is 6.04 Å². The number of hydrogen-bond donors (Lipinski definition) is 2. The summed E-state index contributed by atoms with van der Waals surface area (Å²) in [5, 5.41) is 3.67. The fourth-order valence-electron chi connectivity index (χ4n) is 2.32. The first-order chi connectivity index (χ1) is 6.74. The zero-order valence-corrected chi connectivity index (χ0v) is 9.76. The molecule has 1 aliphatic rings. The summed E-state index contributed by atoms with van der Waals surface area (Å²) in [5.41, 5.74) is 5.79. The maximum atomic E-state index is 5.79. The Labute approximate surface area is 88.6 Å². The van der Waals surface area contributed by atoms with Gasteiger partial charge in [0.25, 0.3) is 0 Å². The third-order valence-electron chi connectivity index (χ3n) is 3.34. The van der Waals surface area contributed by atoms with E-state index in [1.807, 2.05) is 0 Å². The van der Waals surface area contributed by atoms with E-state index < -0.39 is 0 Å². The molecule has 0 aromatic rings. The highest BCUT2D eigenvalue weighted by atomic mass is 14.9. The standard InChI is InChI=1S/C12H26N2/c1-10(2)7-8-14-12-6-4-3-5-11(12)9-13/h10-12,14H,3-9,13H2,1-2H3. The molecule has 2 nitrogen and oxygen atoms in total. The van der Waals surface area contributed by atoms with Crippen LogP contribution < -0.4 is 11.1 Å². The predicted molar refractivity (Wildman–Crippen MR) is 62.3 cm³/mol. The number of nitrogens with one attached hydrogen (secondary N) is 1. The third kappa shape index (κ3) is 3.97. The van der Waals surface area contributed by atoms with E-state index in [-0.39, 0.29) is 0 Å². The van der Waals surface area contributed by atoms with Gasteiger partial charge in [0.15, 0.2) is 0 Å². The largest absolute Gasteiger partial charge is 0.330 e. The minimum atomic E-state index is 0.701. The molecule has 2 unspecified atom stereocenters. The summed E-state index contributed by atoms with van der Waals surface area (Å²) in [6.07, 6.45) is 6.71. The van der Waals surface area contributed by atoms with Gasteiger partial charge in [-0.25, -0.2) is 0 Å². The highest BCUT2D eigenvalue weighted by molar-refractivity contribution is 4.81. The van der Waals surface area contributed by atoms with Gasteiger partial charge in [0.1, 0.15) is 0 Å². The zero-order chi connectivity index (χ0) is 10.4. The molecule has 14 heavy (non-hydrogen) atoms. The molecule has 1 fully saturated rings. The van der Waals surface area contributed by atoms with Crippen LogP contribution in [0.25, 0.3) is 0 Å². The van der Waals surface area contributed by atoms with Crippen molar-refractivity contribution in [2.45, 2.75) is 52.0 Å². The second kappa shape index (κ2) is 6.41. The van der Waals surface area contributed by atoms with E-state index in [1.165, 1.54) is 38.6 Å². The molecule has 1 saturated carbocycles. The Kier molecular flexibility index (Phi) is 5.49. The highest BCUT2D eigenvalue weighted by Gasteiger charge is 2.22. The summed E-state index contributed by atoms with van der Waals surface area (Å²) >= 11 is 0. The second-order valence-corrected chi connectivity index (χ2v) is 5.02. The summed E-state index contributed by atoms with van der Waals surface area (Å²) in [7, 11) is 0. The monoisotopic (exact) mass is 198 g/mol. The van der Waals surface area contributed by atoms with Crippen molar-refractivity contribution >= 4 is 0 Å². The molecule has 0 aromatic carbocycles. The first kappa shape index (κ1) is 12.0. The Hall–Kier alpha value is -0.0800. The topological polar surface area (TPSA) is 38.0 Å². The van der Waals surface area contributed by atoms with Crippen molar-refractivity contribution in [2.24, 2.45) is 17.6 Å². The van der Waals surface area contributed by atoms with E-state index in [2.05, 4.69) is 19.2 Å². The molecule has 0 aliphatic heterocycles. The lowest BCUT2D eigenvalue weighted by atomic mass is 9.84. The van der Waals surface area contributed by atoms with Crippen molar-refractivity contribution in [3.63, 3.8) is 0 Å². The Balaban J connectivity index is 2.19. The van der Waals surface area contributed by atoms with Gasteiger partial charge in [-0.05, 0) is 44.2 Å². The van der Waals surface area contributed by atoms with Gasteiger partial charge in [0.2, 0.25) is 0 Å². The molecular weight excluding hydrogens is 172 g/mol. The van der Waals surface area contributed by atoms with Gasteiger partial charge in [-0.15, -0.1) is 0 Å². The van der Waals surface area contributed by atoms with E-state index >= 15 is 0 Å². The lowest BCUT2D eigenvalue weighted by Crippen LogP contribution is -2.42. The fourth-order valence-corrected chi connectivity index (χ4v) is 2.32. The normalized spacial score (nSPS) is 28.3. The highest BCUT2D eigenvalue weighted by Crippen LogP contribution is 2.23. The van der Waals surface area contributed by atoms with E-state index in [4.69, 9.17) is 5.73 Å². The minimum Gasteiger partial charge on any atom is -0.330 e. The van der Waals surface area contributed by atoms with Gasteiger partial charge in [-0.2, -0.15) is 0 Å². The van der Waals surface area contributed by atoms with Crippen LogP contribution >= 0.6 is 0 Å². The van der Waals surface area contributed by atoms with Gasteiger partial charge in [-0.3, -0.25) is 0 Å². The van der Waals surface area contributed by atoms with E-state index in [9.17, 15) is 0 Å². The lowest BCUT2D eigenvalue weighted by molar-refractivity contribution is 0.265. The molecule has 0 bridgehead atoms. The maximum absolute atomic E-state index is 5.79. The predicted octanol–water partition coefficient (Wildman–Crippen LogP) is 2.14. The van der Waals surface area contributed by atoms with Gasteiger partial charge < -0.3 is 11.1 Å². The summed E-state index contributed by atoms with van der Waals surface area (Å²) in [4.78, 5) is 0. The molecule has 2 atom stereocenters. The molecular formula is C12H26N2. The van der Waals surface area contributed by atoms with Crippen LogP contribution in [0.4, 0.5) is 0 Å². The number of nitrogens with two attached hydrogens (primary N) is 1. The fraction of sp³-hybridized carbons (Fsp3) is 1.00. The van der Waals surface area contributed by atoms with Crippen molar-refractivity contribution in [3.05, 3.63) is 0 Å². The first-order valence-corrected chi connectivity index (χ1v) is 6.17.